The minimum atomic E-state index is -1.13. The minimum Gasteiger partial charge on any atom is -0.481 e. The molecule has 156 valence electrons. The second-order valence-corrected chi connectivity index (χ2v) is 7.90. The largest absolute Gasteiger partial charge is 0.481 e. The topological polar surface area (TPSA) is 85.3 Å². The number of carboxylic acids is 1. The Morgan fingerprint density at radius 1 is 1.03 bits per heavy atom. The molecule has 1 spiro atoms. The molecule has 2 heterocycles. The molecule has 2 aromatic carbocycles. The van der Waals surface area contributed by atoms with Gasteiger partial charge in [-0.25, -0.2) is 4.79 Å². The van der Waals surface area contributed by atoms with Gasteiger partial charge < -0.3 is 24.2 Å². The number of benzene rings is 2. The van der Waals surface area contributed by atoms with Crippen LogP contribution in [0.15, 0.2) is 48.5 Å². The van der Waals surface area contributed by atoms with E-state index in [1.54, 1.807) is 0 Å². The van der Waals surface area contributed by atoms with Crippen molar-refractivity contribution in [2.24, 2.45) is 5.92 Å². The molecular weight excluding hydrogens is 386 g/mol. The zero-order chi connectivity index (χ0) is 20.7. The third kappa shape index (κ3) is 3.05. The number of carbonyl (C=O) groups excluding carboxylic acids is 1. The summed E-state index contributed by atoms with van der Waals surface area (Å²) in [6, 6.07) is 16.3. The molecule has 2 aliphatic heterocycles. The number of amides is 1. The summed E-state index contributed by atoms with van der Waals surface area (Å²) in [4.78, 5) is 26.0. The van der Waals surface area contributed by atoms with Crippen LogP contribution in [0.2, 0.25) is 0 Å². The van der Waals surface area contributed by atoms with Crippen LogP contribution in [0.25, 0.3) is 11.1 Å². The van der Waals surface area contributed by atoms with Crippen LogP contribution < -0.4 is 0 Å². The van der Waals surface area contributed by atoms with Gasteiger partial charge in [-0.2, -0.15) is 0 Å². The molecule has 1 aliphatic carbocycles. The van der Waals surface area contributed by atoms with Crippen LogP contribution in [-0.4, -0.2) is 60.8 Å². The maximum Gasteiger partial charge on any atom is 0.409 e. The van der Waals surface area contributed by atoms with Gasteiger partial charge in [0, 0.05) is 25.4 Å². The van der Waals surface area contributed by atoms with E-state index in [4.69, 9.17) is 14.2 Å². The van der Waals surface area contributed by atoms with Gasteiger partial charge in [-0.15, -0.1) is 0 Å². The van der Waals surface area contributed by atoms with Crippen molar-refractivity contribution in [1.82, 2.24) is 4.90 Å². The number of likely N-dealkylation sites (tertiary alicyclic amines) is 1. The molecule has 0 radical (unpaired) electrons. The summed E-state index contributed by atoms with van der Waals surface area (Å²) in [5.41, 5.74) is 4.60. The number of carboxylic acid groups (broad SMARTS) is 1. The SMILES string of the molecule is O=C(O)C1CN(C(=O)OCC2c3ccccc3-c3ccccc32)CCC12OCCO2. The fourth-order valence-corrected chi connectivity index (χ4v) is 4.85. The number of piperidine rings is 1. The van der Waals surface area contributed by atoms with Gasteiger partial charge in [0.15, 0.2) is 5.79 Å². The van der Waals surface area contributed by atoms with E-state index in [9.17, 15) is 14.7 Å². The summed E-state index contributed by atoms with van der Waals surface area (Å²) in [5.74, 6) is -3.14. The Morgan fingerprint density at radius 3 is 2.23 bits per heavy atom. The number of nitrogens with zero attached hydrogens (tertiary/aromatic N) is 1. The van der Waals surface area contributed by atoms with E-state index in [0.717, 1.165) is 22.3 Å². The molecule has 1 amide bonds. The third-order valence-electron chi connectivity index (χ3n) is 6.33. The highest BCUT2D eigenvalue weighted by molar-refractivity contribution is 5.79. The van der Waals surface area contributed by atoms with E-state index in [-0.39, 0.29) is 19.1 Å². The van der Waals surface area contributed by atoms with Gasteiger partial charge in [-0.05, 0) is 22.3 Å². The van der Waals surface area contributed by atoms with Crippen LogP contribution in [-0.2, 0) is 19.0 Å². The van der Waals surface area contributed by atoms with E-state index >= 15 is 0 Å². The molecule has 0 saturated carbocycles. The molecule has 7 heteroatoms. The zero-order valence-electron chi connectivity index (χ0n) is 16.5. The van der Waals surface area contributed by atoms with E-state index < -0.39 is 23.8 Å². The molecular formula is C23H23NO6. The summed E-state index contributed by atoms with van der Waals surface area (Å²) >= 11 is 0. The Balaban J connectivity index is 1.29. The summed E-state index contributed by atoms with van der Waals surface area (Å²) in [7, 11) is 0. The number of fused-ring (bicyclic) bond motifs is 3. The van der Waals surface area contributed by atoms with E-state index in [1.165, 1.54) is 4.90 Å². The van der Waals surface area contributed by atoms with Gasteiger partial charge in [0.2, 0.25) is 0 Å². The Bertz CT molecular complexity index is 938. The predicted molar refractivity (Wildman–Crippen MR) is 107 cm³/mol. The molecule has 0 bridgehead atoms. The highest BCUT2D eigenvalue weighted by Gasteiger charge is 2.52. The number of hydrogen-bond acceptors (Lipinski definition) is 5. The van der Waals surface area contributed by atoms with Gasteiger partial charge in [-0.1, -0.05) is 48.5 Å². The molecule has 2 fully saturated rings. The first-order valence-electron chi connectivity index (χ1n) is 10.2. The summed E-state index contributed by atoms with van der Waals surface area (Å²) in [6.07, 6.45) is -0.190. The Morgan fingerprint density at radius 2 is 1.63 bits per heavy atom. The van der Waals surface area contributed by atoms with Crippen LogP contribution in [0.3, 0.4) is 0 Å². The van der Waals surface area contributed by atoms with Crippen LogP contribution in [0.5, 0.6) is 0 Å². The van der Waals surface area contributed by atoms with Crippen molar-refractivity contribution in [2.75, 3.05) is 32.9 Å². The lowest BCUT2D eigenvalue weighted by atomic mass is 9.91. The van der Waals surface area contributed by atoms with E-state index in [2.05, 4.69) is 24.3 Å². The molecule has 1 unspecified atom stereocenters. The highest BCUT2D eigenvalue weighted by Crippen LogP contribution is 2.44. The van der Waals surface area contributed by atoms with Crippen molar-refractivity contribution in [3.05, 3.63) is 59.7 Å². The molecule has 2 aromatic rings. The third-order valence-corrected chi connectivity index (χ3v) is 6.33. The number of rotatable bonds is 3. The molecule has 30 heavy (non-hydrogen) atoms. The first kappa shape index (κ1) is 19.1. The number of carbonyl (C=O) groups is 2. The predicted octanol–water partition coefficient (Wildman–Crippen LogP) is 3.09. The first-order valence-corrected chi connectivity index (χ1v) is 10.2. The first-order chi connectivity index (χ1) is 14.6. The Kier molecular flexibility index (Phi) is 4.72. The van der Waals surface area contributed by atoms with Crippen molar-refractivity contribution in [3.63, 3.8) is 0 Å². The number of hydrogen-bond donors (Lipinski definition) is 1. The van der Waals surface area contributed by atoms with Gasteiger partial charge in [-0.3, -0.25) is 4.79 Å². The maximum absolute atomic E-state index is 12.8. The average Bonchev–Trinajstić information content (AvgIpc) is 3.35. The molecule has 1 N–H and O–H groups in total. The second kappa shape index (κ2) is 7.41. The smallest absolute Gasteiger partial charge is 0.409 e. The molecule has 1 atom stereocenters. The van der Waals surface area contributed by atoms with Crippen molar-refractivity contribution >= 4 is 12.1 Å². The van der Waals surface area contributed by atoms with Crippen LogP contribution in [0.1, 0.15) is 23.5 Å². The Hall–Kier alpha value is -2.90. The lowest BCUT2D eigenvalue weighted by Crippen LogP contribution is -2.56. The van der Waals surface area contributed by atoms with Crippen LogP contribution >= 0.6 is 0 Å². The molecule has 3 aliphatic rings. The van der Waals surface area contributed by atoms with E-state index in [0.29, 0.717) is 26.2 Å². The van der Waals surface area contributed by atoms with E-state index in [1.807, 2.05) is 24.3 Å². The highest BCUT2D eigenvalue weighted by atomic mass is 16.7. The maximum atomic E-state index is 12.8. The quantitative estimate of drug-likeness (QED) is 0.839. The lowest BCUT2D eigenvalue weighted by Gasteiger charge is -2.41. The van der Waals surface area contributed by atoms with Gasteiger partial charge >= 0.3 is 12.1 Å². The summed E-state index contributed by atoms with van der Waals surface area (Å²) in [5, 5.41) is 9.65. The lowest BCUT2D eigenvalue weighted by molar-refractivity contribution is -0.224. The molecule has 2 saturated heterocycles. The zero-order valence-corrected chi connectivity index (χ0v) is 16.5. The number of aliphatic carboxylic acids is 1. The average molecular weight is 409 g/mol. The van der Waals surface area contributed by atoms with Crippen molar-refractivity contribution in [2.45, 2.75) is 18.1 Å². The Labute approximate surface area is 174 Å². The second-order valence-electron chi connectivity index (χ2n) is 7.90. The summed E-state index contributed by atoms with van der Waals surface area (Å²) in [6.45, 7) is 1.29. The standard InChI is InChI=1S/C23H23NO6/c25-21(26)20-13-24(10-9-23(20)29-11-12-30-23)22(27)28-14-19-17-7-3-1-5-15(17)16-6-2-4-8-18(16)19/h1-8,19-20H,9-14H2,(H,25,26). The monoisotopic (exact) mass is 409 g/mol. The van der Waals surface area contributed by atoms with Crippen molar-refractivity contribution < 1.29 is 28.9 Å². The van der Waals surface area contributed by atoms with Crippen molar-refractivity contribution in [1.29, 1.82) is 0 Å². The molecule has 7 nitrogen and oxygen atoms in total. The fourth-order valence-electron chi connectivity index (χ4n) is 4.85. The minimum absolute atomic E-state index is 0.00596. The number of ether oxygens (including phenoxy) is 3. The van der Waals surface area contributed by atoms with Crippen LogP contribution in [0, 0.1) is 5.92 Å². The van der Waals surface area contributed by atoms with Gasteiger partial charge in [0.05, 0.1) is 13.2 Å². The normalized spacial score (nSPS) is 22.0. The van der Waals surface area contributed by atoms with Crippen molar-refractivity contribution in [3.8, 4) is 11.1 Å². The van der Waals surface area contributed by atoms with Gasteiger partial charge in [0.25, 0.3) is 0 Å². The fraction of sp³-hybridized carbons (Fsp3) is 0.391. The van der Waals surface area contributed by atoms with Crippen LogP contribution in [0.4, 0.5) is 4.79 Å². The molecule has 0 aromatic heterocycles. The molecule has 5 rings (SSSR count). The van der Waals surface area contributed by atoms with Gasteiger partial charge in [0.1, 0.15) is 12.5 Å². The summed E-state index contributed by atoms with van der Waals surface area (Å²) < 4.78 is 16.9.